The molecular weight excluding hydrogens is 352 g/mol. The lowest BCUT2D eigenvalue weighted by atomic mass is 9.97. The number of hydrogen-bond acceptors (Lipinski definition) is 1. The summed E-state index contributed by atoms with van der Waals surface area (Å²) in [5, 5.41) is 0. The number of allylic oxidation sites excluding steroid dienone is 3. The molecule has 0 aromatic heterocycles. The van der Waals surface area contributed by atoms with E-state index < -0.39 is 0 Å². The van der Waals surface area contributed by atoms with Crippen LogP contribution >= 0.6 is 0 Å². The fourth-order valence-electron chi connectivity index (χ4n) is 2.95. The second kappa shape index (κ2) is 10.4. The highest BCUT2D eigenvalue weighted by Crippen LogP contribution is 2.22. The van der Waals surface area contributed by atoms with Gasteiger partial charge in [0.15, 0.2) is 0 Å². The quantitative estimate of drug-likeness (QED) is 0.301. The highest BCUT2D eigenvalue weighted by atomic mass is 14.8. The van der Waals surface area contributed by atoms with Gasteiger partial charge in [-0.2, -0.15) is 0 Å². The van der Waals surface area contributed by atoms with E-state index in [9.17, 15) is 0 Å². The molecule has 0 atom stereocenters. The monoisotopic (exact) mass is 384 g/mol. The van der Waals surface area contributed by atoms with Crippen LogP contribution in [0.25, 0.3) is 11.1 Å². The van der Waals surface area contributed by atoms with Crippen LogP contribution in [0.1, 0.15) is 49.4 Å². The Balaban J connectivity index is 2.18. The average Bonchev–Trinajstić information content (AvgIpc) is 2.75. The van der Waals surface area contributed by atoms with Crippen molar-refractivity contribution in [1.82, 2.24) is 0 Å². The van der Waals surface area contributed by atoms with Gasteiger partial charge in [0.1, 0.15) is 5.84 Å². The number of nitrogens with zero attached hydrogens (tertiary/aromatic N) is 1. The van der Waals surface area contributed by atoms with Crippen LogP contribution in [0.15, 0.2) is 90.1 Å². The molecule has 29 heavy (non-hydrogen) atoms. The number of aliphatic imine (C=N–C) groups is 1. The Hall–Kier alpha value is -3.13. The third-order valence-electron chi connectivity index (χ3n) is 5.06. The van der Waals surface area contributed by atoms with E-state index in [1.807, 2.05) is 6.92 Å². The molecule has 2 rings (SSSR count). The molecule has 0 aliphatic rings. The molecule has 2 N–H and O–H groups in total. The van der Waals surface area contributed by atoms with E-state index >= 15 is 0 Å². The standard InChI is InChI=1S/C27H32N2/c1-7-23-11-15-25(16-12-23)20(4)17-24(8-2)22(6)27(28)29-18-21(5)26-13-9-19(3)10-14-26/h9-18H,4,6-8H2,1-3,5H3,(H2,28,29)/b21-18+,24-17+. The first kappa shape index (κ1) is 22.2. The summed E-state index contributed by atoms with van der Waals surface area (Å²) >= 11 is 0. The van der Waals surface area contributed by atoms with Gasteiger partial charge in [-0.15, -0.1) is 0 Å². The number of hydrogen-bond donors (Lipinski definition) is 1. The van der Waals surface area contributed by atoms with Crippen molar-refractivity contribution in [2.75, 3.05) is 0 Å². The molecule has 0 unspecified atom stereocenters. The van der Waals surface area contributed by atoms with Crippen molar-refractivity contribution in [3.8, 4) is 0 Å². The van der Waals surface area contributed by atoms with E-state index in [2.05, 4.69) is 93.5 Å². The van der Waals surface area contributed by atoms with E-state index in [-0.39, 0.29) is 0 Å². The predicted molar refractivity (Wildman–Crippen MR) is 129 cm³/mol. The van der Waals surface area contributed by atoms with Gasteiger partial charge in [-0.05, 0) is 60.1 Å². The van der Waals surface area contributed by atoms with Crippen LogP contribution in [0.3, 0.4) is 0 Å². The van der Waals surface area contributed by atoms with Crippen molar-refractivity contribution < 1.29 is 0 Å². The zero-order valence-electron chi connectivity index (χ0n) is 18.1. The SMILES string of the molecule is C=C(C(N)=N/C=C(\C)c1ccc(C)cc1)/C(=C/C(=C)c1ccc(CC)cc1)CC. The minimum atomic E-state index is 0.429. The highest BCUT2D eigenvalue weighted by Gasteiger charge is 2.07. The van der Waals surface area contributed by atoms with Crippen LogP contribution in [0.5, 0.6) is 0 Å². The maximum atomic E-state index is 6.23. The minimum absolute atomic E-state index is 0.429. The first-order valence-corrected chi connectivity index (χ1v) is 10.1. The van der Waals surface area contributed by atoms with Crippen molar-refractivity contribution >= 4 is 17.0 Å². The molecule has 0 heterocycles. The summed E-state index contributed by atoms with van der Waals surface area (Å²) in [6.07, 6.45) is 5.70. The first-order chi connectivity index (χ1) is 13.8. The fraction of sp³-hybridized carbons (Fsp3) is 0.222. The molecule has 2 aromatic carbocycles. The van der Waals surface area contributed by atoms with Crippen LogP contribution in [0.2, 0.25) is 0 Å². The van der Waals surface area contributed by atoms with Crippen LogP contribution < -0.4 is 5.73 Å². The largest absolute Gasteiger partial charge is 0.383 e. The molecule has 150 valence electrons. The Bertz CT molecular complexity index is 953. The summed E-state index contributed by atoms with van der Waals surface area (Å²) in [5.41, 5.74) is 14.8. The molecule has 2 heteroatoms. The van der Waals surface area contributed by atoms with Crippen LogP contribution in [0, 0.1) is 6.92 Å². The molecular formula is C27H32N2. The van der Waals surface area contributed by atoms with Gasteiger partial charge in [-0.3, -0.25) is 0 Å². The van der Waals surface area contributed by atoms with E-state index in [1.54, 1.807) is 6.20 Å². The molecule has 0 aliphatic carbocycles. The molecule has 0 radical (unpaired) electrons. The number of benzene rings is 2. The van der Waals surface area contributed by atoms with Crippen molar-refractivity contribution in [3.63, 3.8) is 0 Å². The lowest BCUT2D eigenvalue weighted by Gasteiger charge is -2.10. The molecule has 0 aliphatic heterocycles. The molecule has 0 saturated carbocycles. The van der Waals surface area contributed by atoms with E-state index in [1.165, 1.54) is 11.1 Å². The van der Waals surface area contributed by atoms with Gasteiger partial charge >= 0.3 is 0 Å². The second-order valence-electron chi connectivity index (χ2n) is 7.27. The molecule has 2 aromatic rings. The molecule has 2 nitrogen and oxygen atoms in total. The number of aryl methyl sites for hydroxylation is 2. The summed E-state index contributed by atoms with van der Waals surface area (Å²) in [6, 6.07) is 16.9. The number of amidine groups is 1. The summed E-state index contributed by atoms with van der Waals surface area (Å²) in [7, 11) is 0. The van der Waals surface area contributed by atoms with Crippen LogP contribution in [-0.4, -0.2) is 5.84 Å². The maximum Gasteiger partial charge on any atom is 0.130 e. The van der Waals surface area contributed by atoms with Gasteiger partial charge in [0.25, 0.3) is 0 Å². The highest BCUT2D eigenvalue weighted by molar-refractivity contribution is 6.01. The Morgan fingerprint density at radius 1 is 0.966 bits per heavy atom. The lowest BCUT2D eigenvalue weighted by molar-refractivity contribution is 1.13. The predicted octanol–water partition coefficient (Wildman–Crippen LogP) is 6.88. The second-order valence-corrected chi connectivity index (χ2v) is 7.27. The normalized spacial score (nSPS) is 12.8. The molecule has 0 fully saturated rings. The van der Waals surface area contributed by atoms with Gasteiger partial charge in [-0.1, -0.05) is 87.2 Å². The molecule has 0 bridgehead atoms. The van der Waals surface area contributed by atoms with Gasteiger partial charge in [0.05, 0.1) is 0 Å². The number of nitrogens with two attached hydrogens (primary N) is 1. The van der Waals surface area contributed by atoms with Crippen LogP contribution in [0.4, 0.5) is 0 Å². The van der Waals surface area contributed by atoms with Gasteiger partial charge in [0.2, 0.25) is 0 Å². The van der Waals surface area contributed by atoms with Crippen molar-refractivity contribution in [2.24, 2.45) is 10.7 Å². The summed E-state index contributed by atoms with van der Waals surface area (Å²) < 4.78 is 0. The average molecular weight is 385 g/mol. The topological polar surface area (TPSA) is 38.4 Å². The Morgan fingerprint density at radius 2 is 1.55 bits per heavy atom. The smallest absolute Gasteiger partial charge is 0.130 e. The van der Waals surface area contributed by atoms with Gasteiger partial charge in [0, 0.05) is 11.8 Å². The third kappa shape index (κ3) is 6.18. The van der Waals surface area contributed by atoms with Gasteiger partial charge in [-0.25, -0.2) is 4.99 Å². The van der Waals surface area contributed by atoms with E-state index in [0.29, 0.717) is 5.84 Å². The molecule has 0 spiro atoms. The Labute approximate surface area is 175 Å². The van der Waals surface area contributed by atoms with Crippen LogP contribution in [-0.2, 0) is 6.42 Å². The Kier molecular flexibility index (Phi) is 7.97. The van der Waals surface area contributed by atoms with Gasteiger partial charge < -0.3 is 5.73 Å². The number of rotatable bonds is 8. The van der Waals surface area contributed by atoms with E-state index in [4.69, 9.17) is 5.73 Å². The fourth-order valence-corrected chi connectivity index (χ4v) is 2.95. The third-order valence-corrected chi connectivity index (χ3v) is 5.06. The first-order valence-electron chi connectivity index (χ1n) is 10.1. The molecule has 0 saturated heterocycles. The zero-order chi connectivity index (χ0) is 21.4. The molecule has 0 amide bonds. The zero-order valence-corrected chi connectivity index (χ0v) is 18.1. The lowest BCUT2D eigenvalue weighted by Crippen LogP contribution is -2.15. The maximum absolute atomic E-state index is 6.23. The minimum Gasteiger partial charge on any atom is -0.383 e. The van der Waals surface area contributed by atoms with Crippen molar-refractivity contribution in [3.05, 3.63) is 107 Å². The Morgan fingerprint density at radius 3 is 2.10 bits per heavy atom. The summed E-state index contributed by atoms with van der Waals surface area (Å²) in [6.45, 7) is 16.7. The summed E-state index contributed by atoms with van der Waals surface area (Å²) in [5.74, 6) is 0.429. The van der Waals surface area contributed by atoms with Crippen molar-refractivity contribution in [1.29, 1.82) is 0 Å². The van der Waals surface area contributed by atoms with Crippen molar-refractivity contribution in [2.45, 2.75) is 40.5 Å². The van der Waals surface area contributed by atoms with E-state index in [0.717, 1.165) is 46.3 Å². The summed E-state index contributed by atoms with van der Waals surface area (Å²) in [4.78, 5) is 4.46.